The highest BCUT2D eigenvalue weighted by molar-refractivity contribution is 7.89. The van der Waals surface area contributed by atoms with Crippen molar-refractivity contribution in [2.24, 2.45) is 0 Å². The first-order valence-electron chi connectivity index (χ1n) is 6.59. The van der Waals surface area contributed by atoms with Crippen LogP contribution in [0.4, 0.5) is 0 Å². The Kier molecular flexibility index (Phi) is 6.67. The van der Waals surface area contributed by atoms with Crippen molar-refractivity contribution in [1.29, 1.82) is 0 Å². The van der Waals surface area contributed by atoms with E-state index in [2.05, 4.69) is 0 Å². The summed E-state index contributed by atoms with van der Waals surface area (Å²) in [6.07, 6.45) is 0.543. The van der Waals surface area contributed by atoms with E-state index in [1.807, 2.05) is 30.3 Å². The van der Waals surface area contributed by atoms with Gasteiger partial charge in [0.2, 0.25) is 10.0 Å². The van der Waals surface area contributed by atoms with E-state index in [4.69, 9.17) is 4.74 Å². The van der Waals surface area contributed by atoms with Crippen molar-refractivity contribution in [3.8, 4) is 0 Å². The summed E-state index contributed by atoms with van der Waals surface area (Å²) >= 11 is 0. The number of sulfonamides is 1. The van der Waals surface area contributed by atoms with Crippen molar-refractivity contribution >= 4 is 16.0 Å². The van der Waals surface area contributed by atoms with Gasteiger partial charge >= 0.3 is 5.97 Å². The molecule has 0 aromatic heterocycles. The Labute approximate surface area is 120 Å². The number of hydrogen-bond acceptors (Lipinski definition) is 4. The number of nitrogens with zero attached hydrogens (tertiary/aromatic N) is 1. The maximum Gasteiger partial charge on any atom is 0.307 e. The first kappa shape index (κ1) is 16.7. The van der Waals surface area contributed by atoms with E-state index in [1.54, 1.807) is 6.92 Å². The number of rotatable bonds is 8. The van der Waals surface area contributed by atoms with Crippen molar-refractivity contribution in [3.63, 3.8) is 0 Å². The van der Waals surface area contributed by atoms with Gasteiger partial charge in [-0.05, 0) is 18.9 Å². The Morgan fingerprint density at radius 2 is 1.90 bits per heavy atom. The van der Waals surface area contributed by atoms with Crippen LogP contribution in [-0.4, -0.2) is 44.6 Å². The van der Waals surface area contributed by atoms with Crippen LogP contribution in [0, 0.1) is 0 Å². The summed E-state index contributed by atoms with van der Waals surface area (Å²) in [5.41, 5.74) is 0.981. The van der Waals surface area contributed by atoms with Gasteiger partial charge in [0, 0.05) is 13.6 Å². The Hall–Kier alpha value is -1.40. The molecular formula is C14H21NO4S. The molecule has 112 valence electrons. The van der Waals surface area contributed by atoms with Gasteiger partial charge in [0.25, 0.3) is 0 Å². The lowest BCUT2D eigenvalue weighted by molar-refractivity contribution is -0.143. The fraction of sp³-hybridized carbons (Fsp3) is 0.500. The minimum Gasteiger partial charge on any atom is -0.466 e. The molecule has 0 N–H and O–H groups in total. The Balaban J connectivity index is 2.45. The second-order valence-electron chi connectivity index (χ2n) is 4.43. The summed E-state index contributed by atoms with van der Waals surface area (Å²) in [5.74, 6) is -0.339. The van der Waals surface area contributed by atoms with Crippen LogP contribution in [0.2, 0.25) is 0 Å². The van der Waals surface area contributed by atoms with Crippen molar-refractivity contribution in [3.05, 3.63) is 35.9 Å². The predicted octanol–water partition coefficient (Wildman–Crippen LogP) is 1.44. The van der Waals surface area contributed by atoms with Gasteiger partial charge in [0.05, 0.1) is 18.8 Å². The third-order valence-electron chi connectivity index (χ3n) is 2.90. The lowest BCUT2D eigenvalue weighted by Crippen LogP contribution is -2.32. The maximum atomic E-state index is 12.0. The summed E-state index contributed by atoms with van der Waals surface area (Å²) in [5, 5.41) is 0. The van der Waals surface area contributed by atoms with Gasteiger partial charge in [-0.3, -0.25) is 4.79 Å². The van der Waals surface area contributed by atoms with Crippen LogP contribution < -0.4 is 0 Å². The molecule has 0 radical (unpaired) electrons. The number of carbonyl (C=O) groups excluding carboxylic acids is 1. The summed E-state index contributed by atoms with van der Waals surface area (Å²) < 4.78 is 30.1. The van der Waals surface area contributed by atoms with Crippen LogP contribution in [0.15, 0.2) is 30.3 Å². The molecule has 0 unspecified atom stereocenters. The first-order valence-corrected chi connectivity index (χ1v) is 8.20. The second kappa shape index (κ2) is 8.01. The number of esters is 1. The Bertz CT molecular complexity index is 513. The average molecular weight is 299 g/mol. The van der Waals surface area contributed by atoms with Crippen LogP contribution in [0.5, 0.6) is 0 Å². The molecule has 0 fully saturated rings. The largest absolute Gasteiger partial charge is 0.466 e. The first-order chi connectivity index (χ1) is 9.45. The van der Waals surface area contributed by atoms with E-state index in [0.717, 1.165) is 5.56 Å². The topological polar surface area (TPSA) is 63.7 Å². The smallest absolute Gasteiger partial charge is 0.307 e. The zero-order valence-corrected chi connectivity index (χ0v) is 12.7. The van der Waals surface area contributed by atoms with Crippen LogP contribution in [0.3, 0.4) is 0 Å². The van der Waals surface area contributed by atoms with Crippen LogP contribution in [0.1, 0.15) is 18.9 Å². The predicted molar refractivity (Wildman–Crippen MR) is 77.8 cm³/mol. The highest BCUT2D eigenvalue weighted by Gasteiger charge is 2.18. The lowest BCUT2D eigenvalue weighted by Gasteiger charge is -2.16. The maximum absolute atomic E-state index is 12.0. The Morgan fingerprint density at radius 3 is 2.50 bits per heavy atom. The molecule has 0 heterocycles. The molecule has 1 rings (SSSR count). The molecule has 20 heavy (non-hydrogen) atoms. The van der Waals surface area contributed by atoms with Gasteiger partial charge in [0.15, 0.2) is 0 Å². The minimum atomic E-state index is -3.34. The van der Waals surface area contributed by atoms with Crippen LogP contribution >= 0.6 is 0 Å². The molecule has 0 aliphatic rings. The molecule has 1 aromatic rings. The zero-order chi connectivity index (χ0) is 15.0. The molecule has 0 bridgehead atoms. The molecule has 0 atom stereocenters. The van der Waals surface area contributed by atoms with Crippen molar-refractivity contribution in [2.75, 3.05) is 26.0 Å². The zero-order valence-electron chi connectivity index (χ0n) is 11.9. The van der Waals surface area contributed by atoms with Gasteiger partial charge in [-0.2, -0.15) is 0 Å². The van der Waals surface area contributed by atoms with Gasteiger partial charge < -0.3 is 4.74 Å². The summed E-state index contributed by atoms with van der Waals surface area (Å²) in [6.45, 7) is 2.18. The molecular weight excluding hydrogens is 278 g/mol. The van der Waals surface area contributed by atoms with E-state index in [-0.39, 0.29) is 24.7 Å². The summed E-state index contributed by atoms with van der Waals surface area (Å²) in [7, 11) is -1.86. The molecule has 0 amide bonds. The molecule has 5 nitrogen and oxygen atoms in total. The Morgan fingerprint density at radius 1 is 1.25 bits per heavy atom. The van der Waals surface area contributed by atoms with E-state index >= 15 is 0 Å². The molecule has 0 saturated carbocycles. The highest BCUT2D eigenvalue weighted by Crippen LogP contribution is 2.06. The lowest BCUT2D eigenvalue weighted by atomic mass is 10.2. The van der Waals surface area contributed by atoms with Crippen LogP contribution in [-0.2, 0) is 26.0 Å². The molecule has 6 heteroatoms. The fourth-order valence-electron chi connectivity index (χ4n) is 1.67. The van der Waals surface area contributed by atoms with Crippen molar-refractivity contribution in [2.45, 2.75) is 19.8 Å². The minimum absolute atomic E-state index is 0.0380. The monoisotopic (exact) mass is 299 g/mol. The van der Waals surface area contributed by atoms with E-state index < -0.39 is 10.0 Å². The van der Waals surface area contributed by atoms with Crippen molar-refractivity contribution < 1.29 is 17.9 Å². The van der Waals surface area contributed by atoms with Gasteiger partial charge in [-0.1, -0.05) is 30.3 Å². The fourth-order valence-corrected chi connectivity index (χ4v) is 2.84. The SMILES string of the molecule is CCOC(=O)CCN(C)S(=O)(=O)CCc1ccccc1. The number of ether oxygens (including phenoxy) is 1. The number of benzene rings is 1. The number of hydrogen-bond donors (Lipinski definition) is 0. The van der Waals surface area contributed by atoms with Gasteiger partial charge in [0.1, 0.15) is 0 Å². The average Bonchev–Trinajstić information content (AvgIpc) is 2.44. The number of aryl methyl sites for hydroxylation is 1. The summed E-state index contributed by atoms with van der Waals surface area (Å²) in [4.78, 5) is 11.2. The molecule has 0 aliphatic carbocycles. The normalized spacial score (nSPS) is 11.6. The van der Waals surface area contributed by atoms with E-state index in [0.29, 0.717) is 13.0 Å². The third kappa shape index (κ3) is 5.71. The quantitative estimate of drug-likeness (QED) is 0.681. The third-order valence-corrected chi connectivity index (χ3v) is 4.75. The highest BCUT2D eigenvalue weighted by atomic mass is 32.2. The molecule has 0 aliphatic heterocycles. The molecule has 0 spiro atoms. The van der Waals surface area contributed by atoms with E-state index in [1.165, 1.54) is 11.4 Å². The van der Waals surface area contributed by atoms with Gasteiger partial charge in [-0.15, -0.1) is 0 Å². The van der Waals surface area contributed by atoms with Crippen LogP contribution in [0.25, 0.3) is 0 Å². The van der Waals surface area contributed by atoms with Gasteiger partial charge in [-0.25, -0.2) is 12.7 Å². The second-order valence-corrected chi connectivity index (χ2v) is 6.62. The molecule has 1 aromatic carbocycles. The number of carbonyl (C=O) groups is 1. The summed E-state index contributed by atoms with van der Waals surface area (Å²) in [6, 6.07) is 9.45. The van der Waals surface area contributed by atoms with E-state index in [9.17, 15) is 13.2 Å². The molecule has 0 saturated heterocycles. The van der Waals surface area contributed by atoms with Crippen molar-refractivity contribution in [1.82, 2.24) is 4.31 Å². The standard InChI is InChI=1S/C14H21NO4S/c1-3-19-14(16)9-11-15(2)20(17,18)12-10-13-7-5-4-6-8-13/h4-8H,3,9-12H2,1-2H3.